The highest BCUT2D eigenvalue weighted by Crippen LogP contribution is 2.25. The molecule has 0 atom stereocenters. The lowest BCUT2D eigenvalue weighted by molar-refractivity contribution is -0.143. The summed E-state index contributed by atoms with van der Waals surface area (Å²) >= 11 is 0. The van der Waals surface area contributed by atoms with Gasteiger partial charge in [0.05, 0.1) is 5.92 Å². The lowest BCUT2D eigenvalue weighted by atomic mass is 9.87. The first-order valence-corrected chi connectivity index (χ1v) is 4.01. The standard InChI is InChI=1S/C8H11NO3/c9-5-12-7-3-1-6(2-4-7)8(10)11/h6-7H,1-4H2,(H,10,11). The smallest absolute Gasteiger partial charge is 0.306 e. The van der Waals surface area contributed by atoms with Crippen molar-refractivity contribution < 1.29 is 14.6 Å². The van der Waals surface area contributed by atoms with Crippen LogP contribution >= 0.6 is 0 Å². The van der Waals surface area contributed by atoms with Crippen molar-refractivity contribution >= 4 is 5.97 Å². The van der Waals surface area contributed by atoms with Gasteiger partial charge in [0.1, 0.15) is 6.10 Å². The van der Waals surface area contributed by atoms with Gasteiger partial charge in [-0.1, -0.05) is 0 Å². The van der Waals surface area contributed by atoms with Crippen LogP contribution in [0.1, 0.15) is 25.7 Å². The summed E-state index contributed by atoms with van der Waals surface area (Å²) in [6.07, 6.45) is 4.21. The molecule has 0 aromatic rings. The highest BCUT2D eigenvalue weighted by atomic mass is 16.5. The topological polar surface area (TPSA) is 70.3 Å². The summed E-state index contributed by atoms with van der Waals surface area (Å²) in [4.78, 5) is 10.5. The Bertz CT molecular complexity index is 201. The van der Waals surface area contributed by atoms with E-state index in [0.29, 0.717) is 25.7 Å². The monoisotopic (exact) mass is 169 g/mol. The Labute approximate surface area is 70.7 Å². The molecule has 1 aliphatic rings. The third kappa shape index (κ3) is 2.12. The summed E-state index contributed by atoms with van der Waals surface area (Å²) in [6.45, 7) is 0. The van der Waals surface area contributed by atoms with Crippen LogP contribution < -0.4 is 0 Å². The van der Waals surface area contributed by atoms with E-state index < -0.39 is 5.97 Å². The molecule has 0 radical (unpaired) electrons. The van der Waals surface area contributed by atoms with E-state index >= 15 is 0 Å². The first kappa shape index (κ1) is 8.85. The van der Waals surface area contributed by atoms with Crippen LogP contribution in [0.2, 0.25) is 0 Å². The Kier molecular flexibility index (Phi) is 2.92. The fourth-order valence-corrected chi connectivity index (χ4v) is 1.50. The van der Waals surface area contributed by atoms with Crippen LogP contribution in [0.4, 0.5) is 0 Å². The minimum atomic E-state index is -0.731. The molecule has 1 N–H and O–H groups in total. The molecule has 0 bridgehead atoms. The van der Waals surface area contributed by atoms with Gasteiger partial charge in [0.25, 0.3) is 6.26 Å². The van der Waals surface area contributed by atoms with E-state index in [1.165, 1.54) is 0 Å². The number of carboxylic acids is 1. The molecular weight excluding hydrogens is 158 g/mol. The minimum absolute atomic E-state index is 0.0504. The third-order valence-electron chi connectivity index (χ3n) is 2.24. The number of rotatable bonds is 2. The lowest BCUT2D eigenvalue weighted by Gasteiger charge is -2.23. The van der Waals surface area contributed by atoms with Crippen molar-refractivity contribution in [2.75, 3.05) is 0 Å². The highest BCUT2D eigenvalue weighted by Gasteiger charge is 2.26. The second-order valence-corrected chi connectivity index (χ2v) is 3.02. The van der Waals surface area contributed by atoms with Crippen LogP contribution in [-0.2, 0) is 9.53 Å². The molecule has 0 heterocycles. The average Bonchev–Trinajstić information content (AvgIpc) is 2.06. The predicted octanol–water partition coefficient (Wildman–Crippen LogP) is 1.13. The second kappa shape index (κ2) is 3.96. The molecule has 1 fully saturated rings. The Balaban J connectivity index is 2.30. The van der Waals surface area contributed by atoms with E-state index in [1.54, 1.807) is 6.26 Å². The van der Waals surface area contributed by atoms with Crippen LogP contribution in [-0.4, -0.2) is 17.2 Å². The van der Waals surface area contributed by atoms with Crippen LogP contribution in [0, 0.1) is 17.4 Å². The van der Waals surface area contributed by atoms with Crippen LogP contribution in [0.3, 0.4) is 0 Å². The maximum Gasteiger partial charge on any atom is 0.306 e. The van der Waals surface area contributed by atoms with Crippen molar-refractivity contribution in [3.8, 4) is 6.26 Å². The Hall–Kier alpha value is -1.24. The Morgan fingerprint density at radius 2 is 2.00 bits per heavy atom. The highest BCUT2D eigenvalue weighted by molar-refractivity contribution is 5.70. The van der Waals surface area contributed by atoms with Gasteiger partial charge in [-0.2, -0.15) is 5.26 Å². The van der Waals surface area contributed by atoms with Crippen LogP contribution in [0.5, 0.6) is 0 Å². The van der Waals surface area contributed by atoms with E-state index in [0.717, 1.165) is 0 Å². The summed E-state index contributed by atoms with van der Waals surface area (Å²) in [5.41, 5.74) is 0. The van der Waals surface area contributed by atoms with E-state index in [1.807, 2.05) is 0 Å². The Morgan fingerprint density at radius 3 is 2.42 bits per heavy atom. The summed E-state index contributed by atoms with van der Waals surface area (Å²) in [5, 5.41) is 16.9. The van der Waals surface area contributed by atoms with E-state index in [4.69, 9.17) is 15.1 Å². The van der Waals surface area contributed by atoms with E-state index in [-0.39, 0.29) is 12.0 Å². The maximum absolute atomic E-state index is 10.5. The van der Waals surface area contributed by atoms with Gasteiger partial charge in [-0.3, -0.25) is 4.79 Å². The van der Waals surface area contributed by atoms with Gasteiger partial charge >= 0.3 is 5.97 Å². The number of hydrogen-bond acceptors (Lipinski definition) is 3. The van der Waals surface area contributed by atoms with Gasteiger partial charge < -0.3 is 9.84 Å². The Morgan fingerprint density at radius 1 is 1.42 bits per heavy atom. The maximum atomic E-state index is 10.5. The van der Waals surface area contributed by atoms with Crippen LogP contribution in [0.15, 0.2) is 0 Å². The molecule has 0 aromatic heterocycles. The molecular formula is C8H11NO3. The van der Waals surface area contributed by atoms with Crippen molar-refractivity contribution in [2.24, 2.45) is 5.92 Å². The number of nitrogens with zero attached hydrogens (tertiary/aromatic N) is 1. The zero-order chi connectivity index (χ0) is 8.97. The van der Waals surface area contributed by atoms with Crippen molar-refractivity contribution in [3.05, 3.63) is 0 Å². The fourth-order valence-electron chi connectivity index (χ4n) is 1.50. The van der Waals surface area contributed by atoms with Crippen molar-refractivity contribution in [2.45, 2.75) is 31.8 Å². The zero-order valence-corrected chi connectivity index (χ0v) is 6.69. The van der Waals surface area contributed by atoms with Crippen molar-refractivity contribution in [1.82, 2.24) is 0 Å². The molecule has 12 heavy (non-hydrogen) atoms. The molecule has 0 saturated heterocycles. The van der Waals surface area contributed by atoms with Crippen molar-refractivity contribution in [3.63, 3.8) is 0 Å². The van der Waals surface area contributed by atoms with Gasteiger partial charge in [-0.25, -0.2) is 0 Å². The molecule has 1 aliphatic carbocycles. The molecule has 0 amide bonds. The number of ether oxygens (including phenoxy) is 1. The van der Waals surface area contributed by atoms with Crippen LogP contribution in [0.25, 0.3) is 0 Å². The number of carboxylic acid groups (broad SMARTS) is 1. The van der Waals surface area contributed by atoms with Gasteiger partial charge in [-0.05, 0) is 25.7 Å². The van der Waals surface area contributed by atoms with E-state index in [9.17, 15) is 4.79 Å². The summed E-state index contributed by atoms with van der Waals surface area (Å²) < 4.78 is 4.72. The molecule has 66 valence electrons. The summed E-state index contributed by atoms with van der Waals surface area (Å²) in [7, 11) is 0. The number of carbonyl (C=O) groups is 1. The normalized spacial score (nSPS) is 28.9. The molecule has 0 aromatic carbocycles. The summed E-state index contributed by atoms with van der Waals surface area (Å²) in [5.74, 6) is -0.964. The molecule has 1 saturated carbocycles. The minimum Gasteiger partial charge on any atom is -0.481 e. The number of nitriles is 1. The first-order chi connectivity index (χ1) is 5.74. The third-order valence-corrected chi connectivity index (χ3v) is 2.24. The summed E-state index contributed by atoms with van der Waals surface area (Å²) in [6, 6.07) is 0. The first-order valence-electron chi connectivity index (χ1n) is 4.01. The SMILES string of the molecule is N#COC1CCC(C(=O)O)CC1. The average molecular weight is 169 g/mol. The molecule has 0 aliphatic heterocycles. The van der Waals surface area contributed by atoms with Crippen molar-refractivity contribution in [1.29, 1.82) is 5.26 Å². The number of hydrogen-bond donors (Lipinski definition) is 1. The van der Waals surface area contributed by atoms with Gasteiger partial charge in [0, 0.05) is 0 Å². The van der Waals surface area contributed by atoms with Gasteiger partial charge in [0.15, 0.2) is 0 Å². The molecule has 0 spiro atoms. The predicted molar refractivity (Wildman–Crippen MR) is 40.1 cm³/mol. The quantitative estimate of drug-likeness (QED) is 0.629. The number of aliphatic carboxylic acids is 1. The fraction of sp³-hybridized carbons (Fsp3) is 0.750. The largest absolute Gasteiger partial charge is 0.481 e. The molecule has 4 heteroatoms. The van der Waals surface area contributed by atoms with Gasteiger partial charge in [0.2, 0.25) is 0 Å². The second-order valence-electron chi connectivity index (χ2n) is 3.02. The lowest BCUT2D eigenvalue weighted by Crippen LogP contribution is -2.24. The molecule has 4 nitrogen and oxygen atoms in total. The molecule has 1 rings (SSSR count). The molecule has 0 unspecified atom stereocenters. The van der Waals surface area contributed by atoms with E-state index in [2.05, 4.69) is 0 Å². The zero-order valence-electron chi connectivity index (χ0n) is 6.69. The van der Waals surface area contributed by atoms with Gasteiger partial charge in [-0.15, -0.1) is 0 Å².